The molecule has 0 fully saturated rings. The van der Waals surface area contributed by atoms with Crippen LogP contribution in [0.1, 0.15) is 15.9 Å². The number of hydrogen-bond donors (Lipinski definition) is 2. The first kappa shape index (κ1) is 14.3. The Labute approximate surface area is 120 Å². The lowest BCUT2D eigenvalue weighted by molar-refractivity contribution is 0.0602. The predicted molar refractivity (Wildman–Crippen MR) is 76.6 cm³/mol. The highest BCUT2D eigenvalue weighted by atomic mass is 19.1. The van der Waals surface area contributed by atoms with Gasteiger partial charge in [-0.15, -0.1) is 0 Å². The van der Waals surface area contributed by atoms with Gasteiger partial charge in [0.1, 0.15) is 5.82 Å². The molecule has 0 aliphatic heterocycles. The summed E-state index contributed by atoms with van der Waals surface area (Å²) < 4.78 is 18.5. The van der Waals surface area contributed by atoms with Gasteiger partial charge in [-0.2, -0.15) is 5.26 Å². The van der Waals surface area contributed by atoms with Crippen LogP contribution >= 0.6 is 0 Å². The number of esters is 1. The molecular weight excluding hydrogens is 273 g/mol. The number of nitrogens with zero attached hydrogens (tertiary/aromatic N) is 1. The van der Waals surface area contributed by atoms with E-state index in [0.29, 0.717) is 5.69 Å². The van der Waals surface area contributed by atoms with Crippen molar-refractivity contribution >= 4 is 23.0 Å². The van der Waals surface area contributed by atoms with Crippen molar-refractivity contribution in [3.8, 4) is 6.07 Å². The smallest absolute Gasteiger partial charge is 0.340 e. The van der Waals surface area contributed by atoms with Crippen LogP contribution in [0.3, 0.4) is 0 Å². The predicted octanol–water partition coefficient (Wildman–Crippen LogP) is 2.81. The number of hydrogen-bond acceptors (Lipinski definition) is 5. The Kier molecular flexibility index (Phi) is 4.05. The van der Waals surface area contributed by atoms with Gasteiger partial charge in [0.15, 0.2) is 0 Å². The van der Waals surface area contributed by atoms with E-state index in [0.717, 1.165) is 6.07 Å². The van der Waals surface area contributed by atoms with E-state index in [-0.39, 0.29) is 22.5 Å². The highest BCUT2D eigenvalue weighted by molar-refractivity contribution is 5.98. The monoisotopic (exact) mass is 285 g/mol. The van der Waals surface area contributed by atoms with Gasteiger partial charge in [-0.05, 0) is 30.3 Å². The lowest BCUT2D eigenvalue weighted by atomic mass is 10.1. The van der Waals surface area contributed by atoms with Gasteiger partial charge in [0.05, 0.1) is 41.4 Å². The summed E-state index contributed by atoms with van der Waals surface area (Å²) in [6, 6.07) is 10.6. The van der Waals surface area contributed by atoms with Gasteiger partial charge in [-0.25, -0.2) is 9.18 Å². The maximum absolute atomic E-state index is 13.8. The zero-order chi connectivity index (χ0) is 15.4. The quantitative estimate of drug-likeness (QED) is 0.668. The van der Waals surface area contributed by atoms with Crippen LogP contribution in [0, 0.1) is 17.1 Å². The van der Waals surface area contributed by atoms with E-state index in [4.69, 9.17) is 11.0 Å². The molecular formula is C15H12FN3O2. The van der Waals surface area contributed by atoms with Crippen molar-refractivity contribution in [2.45, 2.75) is 0 Å². The largest absolute Gasteiger partial charge is 0.465 e. The maximum atomic E-state index is 13.8. The topological polar surface area (TPSA) is 88.1 Å². The second kappa shape index (κ2) is 5.92. The first-order valence-corrected chi connectivity index (χ1v) is 6.00. The van der Waals surface area contributed by atoms with Crippen molar-refractivity contribution in [1.82, 2.24) is 0 Å². The molecule has 0 atom stereocenters. The van der Waals surface area contributed by atoms with Gasteiger partial charge in [0.2, 0.25) is 0 Å². The molecule has 0 unspecified atom stereocenters. The van der Waals surface area contributed by atoms with Crippen molar-refractivity contribution in [2.24, 2.45) is 0 Å². The molecule has 5 nitrogen and oxygen atoms in total. The number of anilines is 3. The number of rotatable bonds is 3. The molecule has 0 amide bonds. The number of carbonyl (C=O) groups excluding carboxylic acids is 1. The molecule has 0 saturated carbocycles. The lowest BCUT2D eigenvalue weighted by Gasteiger charge is -2.12. The third kappa shape index (κ3) is 2.92. The number of nitrogen functional groups attached to an aromatic ring is 1. The van der Waals surface area contributed by atoms with Gasteiger partial charge in [0.25, 0.3) is 0 Å². The van der Waals surface area contributed by atoms with Crippen molar-refractivity contribution in [3.63, 3.8) is 0 Å². The zero-order valence-corrected chi connectivity index (χ0v) is 11.2. The van der Waals surface area contributed by atoms with Gasteiger partial charge in [-0.1, -0.05) is 6.07 Å². The van der Waals surface area contributed by atoms with Crippen LogP contribution in [0.15, 0.2) is 36.4 Å². The molecule has 0 saturated heterocycles. The molecule has 2 aromatic rings. The van der Waals surface area contributed by atoms with E-state index in [2.05, 4.69) is 10.1 Å². The average molecular weight is 285 g/mol. The van der Waals surface area contributed by atoms with E-state index in [1.54, 1.807) is 12.1 Å². The van der Waals surface area contributed by atoms with Gasteiger partial charge >= 0.3 is 5.97 Å². The first-order chi connectivity index (χ1) is 10.1. The fourth-order valence-corrected chi connectivity index (χ4v) is 1.79. The minimum Gasteiger partial charge on any atom is -0.465 e. The number of benzene rings is 2. The summed E-state index contributed by atoms with van der Waals surface area (Å²) in [5.41, 5.74) is 6.98. The molecule has 0 aliphatic rings. The number of nitriles is 1. The second-order valence-corrected chi connectivity index (χ2v) is 4.19. The number of methoxy groups -OCH3 is 1. The van der Waals surface area contributed by atoms with Crippen molar-refractivity contribution < 1.29 is 13.9 Å². The summed E-state index contributed by atoms with van der Waals surface area (Å²) in [7, 11) is 1.25. The Hall–Kier alpha value is -3.07. The maximum Gasteiger partial charge on any atom is 0.340 e. The zero-order valence-electron chi connectivity index (χ0n) is 11.2. The Morgan fingerprint density at radius 1 is 1.33 bits per heavy atom. The number of nitrogens with one attached hydrogen (secondary N) is 1. The summed E-state index contributed by atoms with van der Waals surface area (Å²) in [5.74, 6) is -1.16. The highest BCUT2D eigenvalue weighted by Crippen LogP contribution is 2.28. The fraction of sp³-hybridized carbons (Fsp3) is 0.0667. The number of halogens is 1. The first-order valence-electron chi connectivity index (χ1n) is 6.00. The molecule has 0 radical (unpaired) electrons. The normalized spacial score (nSPS) is 9.76. The summed E-state index contributed by atoms with van der Waals surface area (Å²) in [5, 5.41) is 11.5. The molecule has 2 aromatic carbocycles. The van der Waals surface area contributed by atoms with E-state index in [1.807, 2.05) is 6.07 Å². The van der Waals surface area contributed by atoms with Gasteiger partial charge < -0.3 is 15.8 Å². The molecule has 0 aliphatic carbocycles. The Bertz CT molecular complexity index is 738. The van der Waals surface area contributed by atoms with Gasteiger partial charge in [0, 0.05) is 0 Å². The SMILES string of the molecule is COC(=O)c1cccc(Nc2ccc(C#N)cc2F)c1N. The van der Waals surface area contributed by atoms with E-state index < -0.39 is 11.8 Å². The van der Waals surface area contributed by atoms with E-state index in [1.165, 1.54) is 25.3 Å². The minimum atomic E-state index is -0.586. The molecule has 3 N–H and O–H groups in total. The Morgan fingerprint density at radius 2 is 2.10 bits per heavy atom. The number of carbonyl (C=O) groups is 1. The van der Waals surface area contributed by atoms with Crippen molar-refractivity contribution in [1.29, 1.82) is 5.26 Å². The van der Waals surface area contributed by atoms with Crippen LogP contribution in [-0.2, 0) is 4.74 Å². The molecule has 2 rings (SSSR count). The minimum absolute atomic E-state index is 0.155. The van der Waals surface area contributed by atoms with Crippen LogP contribution in [-0.4, -0.2) is 13.1 Å². The Morgan fingerprint density at radius 3 is 2.71 bits per heavy atom. The number of ether oxygens (including phenoxy) is 1. The van der Waals surface area contributed by atoms with E-state index in [9.17, 15) is 9.18 Å². The summed E-state index contributed by atoms with van der Waals surface area (Å²) in [4.78, 5) is 11.5. The van der Waals surface area contributed by atoms with Crippen LogP contribution in [0.25, 0.3) is 0 Å². The van der Waals surface area contributed by atoms with Crippen LogP contribution < -0.4 is 11.1 Å². The molecule has 0 heterocycles. The molecule has 6 heteroatoms. The number of para-hydroxylation sites is 1. The van der Waals surface area contributed by atoms with Crippen LogP contribution in [0.5, 0.6) is 0 Å². The lowest BCUT2D eigenvalue weighted by Crippen LogP contribution is -2.08. The van der Waals surface area contributed by atoms with Gasteiger partial charge in [-0.3, -0.25) is 0 Å². The highest BCUT2D eigenvalue weighted by Gasteiger charge is 2.13. The average Bonchev–Trinajstić information content (AvgIpc) is 2.50. The summed E-state index contributed by atoms with van der Waals surface area (Å²) in [6.45, 7) is 0. The van der Waals surface area contributed by atoms with Crippen LogP contribution in [0.4, 0.5) is 21.5 Å². The fourth-order valence-electron chi connectivity index (χ4n) is 1.79. The van der Waals surface area contributed by atoms with E-state index >= 15 is 0 Å². The number of nitrogens with two attached hydrogens (primary N) is 1. The summed E-state index contributed by atoms with van der Waals surface area (Å²) in [6.07, 6.45) is 0. The summed E-state index contributed by atoms with van der Waals surface area (Å²) >= 11 is 0. The molecule has 0 bridgehead atoms. The van der Waals surface area contributed by atoms with Crippen molar-refractivity contribution in [3.05, 3.63) is 53.3 Å². The second-order valence-electron chi connectivity index (χ2n) is 4.19. The molecule has 21 heavy (non-hydrogen) atoms. The Balaban J connectivity index is 2.37. The molecule has 106 valence electrons. The third-order valence-corrected chi connectivity index (χ3v) is 2.88. The molecule has 0 aromatic heterocycles. The van der Waals surface area contributed by atoms with Crippen molar-refractivity contribution in [2.75, 3.05) is 18.2 Å². The standard InChI is InChI=1S/C15H12FN3O2/c1-21-15(20)10-3-2-4-13(14(10)18)19-12-6-5-9(8-17)7-11(12)16/h2-7,19H,18H2,1H3. The third-order valence-electron chi connectivity index (χ3n) is 2.88. The van der Waals surface area contributed by atoms with Crippen LogP contribution in [0.2, 0.25) is 0 Å². The molecule has 0 spiro atoms.